The van der Waals surface area contributed by atoms with Gasteiger partial charge in [0.2, 0.25) is 5.91 Å². The molecule has 0 aliphatic rings. The molecular formula is C12H15F3N2O. The second-order valence-corrected chi connectivity index (χ2v) is 4.04. The first-order chi connectivity index (χ1) is 8.29. The van der Waals surface area contributed by atoms with Gasteiger partial charge >= 0.3 is 6.18 Å². The zero-order valence-electron chi connectivity index (χ0n) is 9.92. The molecule has 0 spiro atoms. The SMILES string of the molecule is CC(N)c1ccccc1NC(=O)CCC(F)(F)F. The minimum atomic E-state index is -4.32. The Labute approximate surface area is 103 Å². The van der Waals surface area contributed by atoms with Gasteiger partial charge < -0.3 is 11.1 Å². The molecular weight excluding hydrogens is 245 g/mol. The Balaban J connectivity index is 2.65. The van der Waals surface area contributed by atoms with Crippen LogP contribution in [0.2, 0.25) is 0 Å². The molecule has 6 heteroatoms. The van der Waals surface area contributed by atoms with Gasteiger partial charge in [-0.3, -0.25) is 4.79 Å². The highest BCUT2D eigenvalue weighted by Gasteiger charge is 2.28. The second kappa shape index (κ2) is 5.86. The first-order valence-corrected chi connectivity index (χ1v) is 5.50. The van der Waals surface area contributed by atoms with Crippen molar-refractivity contribution in [3.63, 3.8) is 0 Å². The van der Waals surface area contributed by atoms with Gasteiger partial charge in [0.15, 0.2) is 0 Å². The number of nitrogens with one attached hydrogen (secondary N) is 1. The molecule has 3 N–H and O–H groups in total. The van der Waals surface area contributed by atoms with Gasteiger partial charge in [-0.05, 0) is 18.6 Å². The number of carbonyl (C=O) groups excluding carboxylic acids is 1. The van der Waals surface area contributed by atoms with Crippen molar-refractivity contribution in [3.05, 3.63) is 29.8 Å². The van der Waals surface area contributed by atoms with Crippen LogP contribution in [0.25, 0.3) is 0 Å². The Kier molecular flexibility index (Phi) is 4.72. The van der Waals surface area contributed by atoms with Crippen LogP contribution < -0.4 is 11.1 Å². The van der Waals surface area contributed by atoms with Crippen LogP contribution in [0.4, 0.5) is 18.9 Å². The highest BCUT2D eigenvalue weighted by Crippen LogP contribution is 2.23. The Morgan fingerprint density at radius 2 is 2.00 bits per heavy atom. The summed E-state index contributed by atoms with van der Waals surface area (Å²) >= 11 is 0. The van der Waals surface area contributed by atoms with Crippen molar-refractivity contribution in [1.29, 1.82) is 0 Å². The third-order valence-corrected chi connectivity index (χ3v) is 2.36. The Morgan fingerprint density at radius 3 is 2.56 bits per heavy atom. The molecule has 100 valence electrons. The van der Waals surface area contributed by atoms with Gasteiger partial charge in [0, 0.05) is 18.2 Å². The van der Waals surface area contributed by atoms with Gasteiger partial charge in [-0.2, -0.15) is 13.2 Å². The summed E-state index contributed by atoms with van der Waals surface area (Å²) in [7, 11) is 0. The van der Waals surface area contributed by atoms with E-state index in [1.165, 1.54) is 0 Å². The van der Waals surface area contributed by atoms with Crippen LogP contribution in [0, 0.1) is 0 Å². The molecule has 0 aliphatic heterocycles. The average Bonchev–Trinajstić information content (AvgIpc) is 2.26. The molecule has 0 heterocycles. The fraction of sp³-hybridized carbons (Fsp3) is 0.417. The van der Waals surface area contributed by atoms with E-state index in [-0.39, 0.29) is 6.04 Å². The zero-order valence-corrected chi connectivity index (χ0v) is 9.92. The summed E-state index contributed by atoms with van der Waals surface area (Å²) in [6, 6.07) is 6.48. The van der Waals surface area contributed by atoms with Crippen LogP contribution in [0.1, 0.15) is 31.4 Å². The molecule has 0 aliphatic carbocycles. The maximum Gasteiger partial charge on any atom is 0.389 e. The monoisotopic (exact) mass is 260 g/mol. The maximum absolute atomic E-state index is 12.0. The molecule has 0 saturated heterocycles. The van der Waals surface area contributed by atoms with E-state index in [9.17, 15) is 18.0 Å². The van der Waals surface area contributed by atoms with E-state index in [0.717, 1.165) is 0 Å². The second-order valence-electron chi connectivity index (χ2n) is 4.04. The van der Waals surface area contributed by atoms with Crippen molar-refractivity contribution >= 4 is 11.6 Å². The van der Waals surface area contributed by atoms with Gasteiger partial charge in [0.1, 0.15) is 0 Å². The molecule has 1 unspecified atom stereocenters. The van der Waals surface area contributed by atoms with Crippen molar-refractivity contribution < 1.29 is 18.0 Å². The third kappa shape index (κ3) is 4.75. The van der Waals surface area contributed by atoms with Crippen LogP contribution in [-0.4, -0.2) is 12.1 Å². The molecule has 1 aromatic rings. The standard InChI is InChI=1S/C12H15F3N2O/c1-8(16)9-4-2-3-5-10(9)17-11(18)6-7-12(13,14)15/h2-5,8H,6-7,16H2,1H3,(H,17,18). The maximum atomic E-state index is 12.0. The third-order valence-electron chi connectivity index (χ3n) is 2.36. The van der Waals surface area contributed by atoms with Gasteiger partial charge in [-0.1, -0.05) is 18.2 Å². The van der Waals surface area contributed by atoms with E-state index in [1.807, 2.05) is 0 Å². The molecule has 1 rings (SSSR count). The molecule has 0 fully saturated rings. The summed E-state index contributed by atoms with van der Waals surface area (Å²) in [5.41, 5.74) is 6.85. The van der Waals surface area contributed by atoms with E-state index in [4.69, 9.17) is 5.73 Å². The molecule has 1 atom stereocenters. The number of carbonyl (C=O) groups is 1. The topological polar surface area (TPSA) is 55.1 Å². The van der Waals surface area contributed by atoms with E-state index < -0.39 is 24.9 Å². The molecule has 0 saturated carbocycles. The lowest BCUT2D eigenvalue weighted by atomic mass is 10.1. The van der Waals surface area contributed by atoms with E-state index in [2.05, 4.69) is 5.32 Å². The number of alkyl halides is 3. The minimum absolute atomic E-state index is 0.302. The van der Waals surface area contributed by atoms with Crippen LogP contribution in [0.15, 0.2) is 24.3 Å². The summed E-state index contributed by atoms with van der Waals surface area (Å²) in [5.74, 6) is -0.666. The van der Waals surface area contributed by atoms with E-state index >= 15 is 0 Å². The number of hydrogen-bond donors (Lipinski definition) is 2. The Morgan fingerprint density at radius 1 is 1.39 bits per heavy atom. The van der Waals surface area contributed by atoms with Gasteiger partial charge in [0.25, 0.3) is 0 Å². The molecule has 18 heavy (non-hydrogen) atoms. The lowest BCUT2D eigenvalue weighted by Crippen LogP contribution is -2.18. The van der Waals surface area contributed by atoms with Crippen molar-refractivity contribution in [2.24, 2.45) is 5.73 Å². The number of rotatable bonds is 4. The Hall–Kier alpha value is -1.56. The summed E-state index contributed by atoms with van der Waals surface area (Å²) < 4.78 is 35.9. The van der Waals surface area contributed by atoms with Gasteiger partial charge in [-0.25, -0.2) is 0 Å². The van der Waals surface area contributed by atoms with Crippen LogP contribution in [0.3, 0.4) is 0 Å². The summed E-state index contributed by atoms with van der Waals surface area (Å²) in [5, 5.41) is 2.45. The van der Waals surface area contributed by atoms with Gasteiger partial charge in [0.05, 0.1) is 6.42 Å². The van der Waals surface area contributed by atoms with Crippen molar-refractivity contribution in [2.75, 3.05) is 5.32 Å². The van der Waals surface area contributed by atoms with Crippen molar-refractivity contribution in [2.45, 2.75) is 32.0 Å². The molecule has 0 radical (unpaired) electrons. The Bertz CT molecular complexity index is 416. The highest BCUT2D eigenvalue weighted by molar-refractivity contribution is 5.91. The smallest absolute Gasteiger partial charge is 0.326 e. The lowest BCUT2D eigenvalue weighted by Gasteiger charge is -2.13. The summed E-state index contributed by atoms with van der Waals surface area (Å²) in [6.07, 6.45) is -6.03. The zero-order chi connectivity index (χ0) is 13.8. The molecule has 0 aromatic heterocycles. The van der Waals surface area contributed by atoms with Crippen LogP contribution in [-0.2, 0) is 4.79 Å². The number of anilines is 1. The fourth-order valence-electron chi connectivity index (χ4n) is 1.48. The molecule has 0 bridgehead atoms. The lowest BCUT2D eigenvalue weighted by molar-refractivity contribution is -0.142. The quantitative estimate of drug-likeness (QED) is 0.874. The minimum Gasteiger partial charge on any atom is -0.326 e. The fourth-order valence-corrected chi connectivity index (χ4v) is 1.48. The van der Waals surface area contributed by atoms with Crippen molar-refractivity contribution in [3.8, 4) is 0 Å². The van der Waals surface area contributed by atoms with Crippen molar-refractivity contribution in [1.82, 2.24) is 0 Å². The normalized spacial score (nSPS) is 13.2. The predicted molar refractivity (Wildman–Crippen MR) is 63.0 cm³/mol. The molecule has 1 amide bonds. The van der Waals surface area contributed by atoms with E-state index in [0.29, 0.717) is 11.3 Å². The first-order valence-electron chi connectivity index (χ1n) is 5.50. The highest BCUT2D eigenvalue weighted by atomic mass is 19.4. The largest absolute Gasteiger partial charge is 0.389 e. The summed E-state index contributed by atoms with van der Waals surface area (Å²) in [4.78, 5) is 11.4. The average molecular weight is 260 g/mol. The van der Waals surface area contributed by atoms with E-state index in [1.54, 1.807) is 31.2 Å². The number of amides is 1. The number of benzene rings is 1. The van der Waals surface area contributed by atoms with Crippen LogP contribution in [0.5, 0.6) is 0 Å². The van der Waals surface area contributed by atoms with Gasteiger partial charge in [-0.15, -0.1) is 0 Å². The predicted octanol–water partition coefficient (Wildman–Crippen LogP) is 2.99. The number of nitrogens with two attached hydrogens (primary N) is 1. The number of halogens is 3. The summed E-state index contributed by atoms with van der Waals surface area (Å²) in [6.45, 7) is 1.74. The van der Waals surface area contributed by atoms with Crippen LogP contribution >= 0.6 is 0 Å². The molecule has 3 nitrogen and oxygen atoms in total. The number of para-hydroxylation sites is 1. The molecule has 1 aromatic carbocycles. The number of hydrogen-bond acceptors (Lipinski definition) is 2. The first kappa shape index (κ1) is 14.5.